The number of rotatable bonds is 3. The lowest BCUT2D eigenvalue weighted by atomic mass is 10.0. The molecule has 1 N–H and O–H groups in total. The van der Waals surface area contributed by atoms with Crippen molar-refractivity contribution in [3.63, 3.8) is 0 Å². The number of halogens is 1. The lowest BCUT2D eigenvalue weighted by Crippen LogP contribution is -2.12. The average molecular weight is 275 g/mol. The minimum Gasteiger partial charge on any atom is -0.386 e. The molecule has 0 aromatic rings. The first-order chi connectivity index (χ1) is 5.74. The molecule has 12 heavy (non-hydrogen) atoms. The molecule has 0 saturated heterocycles. The van der Waals surface area contributed by atoms with Gasteiger partial charge in [0.05, 0.1) is 0 Å². The fraction of sp³-hybridized carbons (Fsp3) is 0.400. The summed E-state index contributed by atoms with van der Waals surface area (Å²) in [6, 6.07) is 0. The third-order valence-corrected chi connectivity index (χ3v) is 2.53. The minimum atomic E-state index is 0.989. The first kappa shape index (κ1) is 9.84. The zero-order valence-electron chi connectivity index (χ0n) is 7.36. The van der Waals surface area contributed by atoms with Crippen LogP contribution < -0.4 is 5.32 Å². The van der Waals surface area contributed by atoms with Crippen molar-refractivity contribution >= 4 is 22.6 Å². The first-order valence-electron chi connectivity index (χ1n) is 4.23. The van der Waals surface area contributed by atoms with E-state index in [9.17, 15) is 0 Å². The lowest BCUT2D eigenvalue weighted by molar-refractivity contribution is 0.841. The van der Waals surface area contributed by atoms with Crippen molar-refractivity contribution in [2.45, 2.75) is 19.8 Å². The van der Waals surface area contributed by atoms with Crippen molar-refractivity contribution in [1.29, 1.82) is 0 Å². The summed E-state index contributed by atoms with van der Waals surface area (Å²) in [6.07, 6.45) is 6.71. The van der Waals surface area contributed by atoms with E-state index in [-0.39, 0.29) is 0 Å². The van der Waals surface area contributed by atoms with Gasteiger partial charge in [0.1, 0.15) is 0 Å². The second kappa shape index (κ2) is 4.70. The minimum absolute atomic E-state index is 0.989. The van der Waals surface area contributed by atoms with E-state index in [0.717, 1.165) is 23.0 Å². The molecule has 0 atom stereocenters. The monoisotopic (exact) mass is 275 g/mol. The van der Waals surface area contributed by atoms with Gasteiger partial charge in [-0.3, -0.25) is 0 Å². The molecule has 1 rings (SSSR count). The Morgan fingerprint density at radius 3 is 3.08 bits per heavy atom. The van der Waals surface area contributed by atoms with Gasteiger partial charge >= 0.3 is 0 Å². The van der Waals surface area contributed by atoms with Crippen LogP contribution in [0.2, 0.25) is 0 Å². The van der Waals surface area contributed by atoms with Gasteiger partial charge in [0.25, 0.3) is 0 Å². The van der Waals surface area contributed by atoms with Gasteiger partial charge in [-0.05, 0) is 54.0 Å². The van der Waals surface area contributed by atoms with Gasteiger partial charge in [0.15, 0.2) is 0 Å². The zero-order chi connectivity index (χ0) is 8.97. The molecule has 0 fully saturated rings. The summed E-state index contributed by atoms with van der Waals surface area (Å²) in [5, 5.41) is 3.31. The lowest BCUT2D eigenvalue weighted by Gasteiger charge is -2.13. The Kier molecular flexibility index (Phi) is 3.85. The van der Waals surface area contributed by atoms with Gasteiger partial charge in [0, 0.05) is 15.8 Å². The highest BCUT2D eigenvalue weighted by Gasteiger charge is 2.05. The van der Waals surface area contributed by atoms with E-state index in [1.165, 1.54) is 11.3 Å². The predicted octanol–water partition coefficient (Wildman–Crippen LogP) is 3.15. The van der Waals surface area contributed by atoms with Gasteiger partial charge in [-0.25, -0.2) is 0 Å². The maximum Gasteiger partial charge on any atom is 0.0302 e. The van der Waals surface area contributed by atoms with E-state index in [0.29, 0.717) is 0 Å². The number of likely N-dealkylation sites (N-methyl/N-ethyl adjacent to an activating group) is 1. The second-order valence-electron chi connectivity index (χ2n) is 2.80. The summed E-state index contributed by atoms with van der Waals surface area (Å²) in [4.78, 5) is 0. The summed E-state index contributed by atoms with van der Waals surface area (Å²) >= 11 is 2.28. The van der Waals surface area contributed by atoms with E-state index in [1.807, 2.05) is 0 Å². The normalized spacial score (nSPS) is 16.5. The number of hydrogen-bond acceptors (Lipinski definition) is 1. The van der Waals surface area contributed by atoms with Crippen LogP contribution >= 0.6 is 22.6 Å². The van der Waals surface area contributed by atoms with E-state index < -0.39 is 0 Å². The van der Waals surface area contributed by atoms with E-state index in [2.05, 4.69) is 53.6 Å². The van der Waals surface area contributed by atoms with E-state index in [1.54, 1.807) is 0 Å². The fourth-order valence-electron chi connectivity index (χ4n) is 1.24. The molecule has 0 bridgehead atoms. The highest BCUT2D eigenvalue weighted by molar-refractivity contribution is 14.1. The Bertz CT molecular complexity index is 238. The van der Waals surface area contributed by atoms with Crippen molar-refractivity contribution in [3.8, 4) is 0 Å². The van der Waals surface area contributed by atoms with Gasteiger partial charge in [-0.2, -0.15) is 0 Å². The molecule has 0 spiro atoms. The molecule has 0 aromatic heterocycles. The Hall–Kier alpha value is -0.250. The average Bonchev–Trinajstić information content (AvgIpc) is 2.05. The van der Waals surface area contributed by atoms with Crippen molar-refractivity contribution < 1.29 is 0 Å². The summed E-state index contributed by atoms with van der Waals surface area (Å²) in [5.74, 6) is 0. The third-order valence-electron chi connectivity index (χ3n) is 1.84. The summed E-state index contributed by atoms with van der Waals surface area (Å²) in [7, 11) is 0. The van der Waals surface area contributed by atoms with Crippen LogP contribution in [0.3, 0.4) is 0 Å². The molecule has 2 heteroatoms. The molecule has 0 aromatic carbocycles. The largest absolute Gasteiger partial charge is 0.386 e. The maximum absolute atomic E-state index is 3.94. The topological polar surface area (TPSA) is 12.0 Å². The van der Waals surface area contributed by atoms with Crippen molar-refractivity contribution in [2.24, 2.45) is 0 Å². The van der Waals surface area contributed by atoms with Gasteiger partial charge in [-0.15, -0.1) is 0 Å². The molecule has 0 saturated carbocycles. The summed E-state index contributed by atoms with van der Waals surface area (Å²) in [5.41, 5.74) is 2.62. The smallest absolute Gasteiger partial charge is 0.0302 e. The van der Waals surface area contributed by atoms with Gasteiger partial charge in [0.2, 0.25) is 0 Å². The second-order valence-corrected chi connectivity index (χ2v) is 4.11. The highest BCUT2D eigenvalue weighted by Crippen LogP contribution is 2.25. The molecule has 66 valence electrons. The van der Waals surface area contributed by atoms with Crippen LogP contribution in [0.15, 0.2) is 33.6 Å². The van der Waals surface area contributed by atoms with Crippen LogP contribution in [0.4, 0.5) is 0 Å². The van der Waals surface area contributed by atoms with Crippen LogP contribution in [0.1, 0.15) is 19.8 Å². The number of allylic oxidation sites excluding steroid dienone is 4. The maximum atomic E-state index is 3.94. The fourth-order valence-corrected chi connectivity index (χ4v) is 1.67. The molecule has 1 aliphatic rings. The summed E-state index contributed by atoms with van der Waals surface area (Å²) in [6.45, 7) is 7.04. The van der Waals surface area contributed by atoms with Gasteiger partial charge < -0.3 is 5.32 Å². The molecule has 0 aliphatic heterocycles. The molecule has 0 heterocycles. The van der Waals surface area contributed by atoms with Crippen molar-refractivity contribution in [2.75, 3.05) is 6.54 Å². The quantitative estimate of drug-likeness (QED) is 0.780. The summed E-state index contributed by atoms with van der Waals surface area (Å²) < 4.78 is 1.16. The SMILES string of the molecule is C=C(I)C1=CC(NCC)=CCC1. The van der Waals surface area contributed by atoms with Crippen LogP contribution in [0, 0.1) is 0 Å². The predicted molar refractivity (Wildman–Crippen MR) is 62.2 cm³/mol. The highest BCUT2D eigenvalue weighted by atomic mass is 127. The molecule has 0 radical (unpaired) electrons. The van der Waals surface area contributed by atoms with Crippen LogP contribution in [-0.2, 0) is 0 Å². The number of hydrogen-bond donors (Lipinski definition) is 1. The first-order valence-corrected chi connectivity index (χ1v) is 5.31. The van der Waals surface area contributed by atoms with E-state index in [4.69, 9.17) is 0 Å². The zero-order valence-corrected chi connectivity index (χ0v) is 9.52. The van der Waals surface area contributed by atoms with Crippen LogP contribution in [0.25, 0.3) is 0 Å². The van der Waals surface area contributed by atoms with Crippen LogP contribution in [0.5, 0.6) is 0 Å². The third kappa shape index (κ3) is 2.66. The van der Waals surface area contributed by atoms with E-state index >= 15 is 0 Å². The Morgan fingerprint density at radius 1 is 1.75 bits per heavy atom. The Labute approximate surface area is 87.8 Å². The molecule has 1 aliphatic carbocycles. The van der Waals surface area contributed by atoms with Gasteiger partial charge in [-0.1, -0.05) is 12.7 Å². The molecule has 0 unspecified atom stereocenters. The van der Waals surface area contributed by atoms with Crippen LogP contribution in [-0.4, -0.2) is 6.54 Å². The molecule has 1 nitrogen and oxygen atoms in total. The van der Waals surface area contributed by atoms with Crippen molar-refractivity contribution in [3.05, 3.63) is 33.6 Å². The standard InChI is InChI=1S/C10H14IN/c1-3-12-10-6-4-5-9(7-10)8(2)11/h6-7,12H,2-5H2,1H3. The Balaban J connectivity index is 2.67. The molecular weight excluding hydrogens is 261 g/mol. The molecular formula is C10H14IN. The van der Waals surface area contributed by atoms with Crippen molar-refractivity contribution in [1.82, 2.24) is 5.32 Å². The number of nitrogens with one attached hydrogen (secondary N) is 1. The molecule has 0 amide bonds. The Morgan fingerprint density at radius 2 is 2.50 bits per heavy atom.